The fourth-order valence-corrected chi connectivity index (χ4v) is 7.26. The molecule has 12 nitrogen and oxygen atoms in total. The summed E-state index contributed by atoms with van der Waals surface area (Å²) in [7, 11) is 0. The zero-order chi connectivity index (χ0) is 32.9. The summed E-state index contributed by atoms with van der Waals surface area (Å²) in [6.45, 7) is 8.19. The molecule has 2 aromatic carbocycles. The van der Waals surface area contributed by atoms with Gasteiger partial charge < -0.3 is 9.80 Å². The normalized spacial score (nSPS) is 20.9. The van der Waals surface area contributed by atoms with Gasteiger partial charge in [-0.25, -0.2) is 5.43 Å². The van der Waals surface area contributed by atoms with Gasteiger partial charge in [0.15, 0.2) is 0 Å². The number of carbonyl (C=O) groups is 5. The van der Waals surface area contributed by atoms with Crippen molar-refractivity contribution in [3.8, 4) is 0 Å². The van der Waals surface area contributed by atoms with Gasteiger partial charge in [-0.3, -0.25) is 44.5 Å². The van der Waals surface area contributed by atoms with E-state index in [9.17, 15) is 24.0 Å². The number of rotatable bonds is 11. The largest absolute Gasteiger partial charge is 0.371 e. The van der Waals surface area contributed by atoms with Crippen LogP contribution in [0.25, 0.3) is 0 Å². The monoisotopic (exact) mass is 643 g/mol. The Bertz CT molecular complexity index is 1500. The van der Waals surface area contributed by atoms with E-state index in [2.05, 4.69) is 37.8 Å². The van der Waals surface area contributed by atoms with Crippen LogP contribution in [0.15, 0.2) is 42.5 Å². The standard InChI is InChI=1S/C35H45N7O5/c1-2-3-4-5-17-36-38-32(44)24-9-11-25(12-10-24)39-20-22-40(23-21-39)26-15-18-41(19-16-26)28-8-6-7-27-31(28)35(47)42(34(27)46)29-13-14-30(43)37-33(29)45/h6-12,26,29,36H,2-5,13-23H2,1H3,(H,38,44)(H,37,43,45). The van der Waals surface area contributed by atoms with Crippen LogP contribution in [0.2, 0.25) is 0 Å². The third-order valence-electron chi connectivity index (χ3n) is 9.93. The molecular weight excluding hydrogens is 598 g/mol. The molecule has 0 radical (unpaired) electrons. The molecule has 12 heteroatoms. The molecule has 0 saturated carbocycles. The Balaban J connectivity index is 0.987. The smallest absolute Gasteiger partial charge is 0.265 e. The Morgan fingerprint density at radius 3 is 2.28 bits per heavy atom. The number of nitrogens with zero attached hydrogens (tertiary/aromatic N) is 4. The number of amides is 5. The van der Waals surface area contributed by atoms with Gasteiger partial charge in [-0.05, 0) is 62.1 Å². The van der Waals surface area contributed by atoms with Crippen LogP contribution in [0.3, 0.4) is 0 Å². The van der Waals surface area contributed by atoms with E-state index >= 15 is 0 Å². The van der Waals surface area contributed by atoms with Gasteiger partial charge in [-0.2, -0.15) is 0 Å². The van der Waals surface area contributed by atoms with Crippen molar-refractivity contribution in [1.82, 2.24) is 26.0 Å². The number of carbonyl (C=O) groups excluding carboxylic acids is 5. The summed E-state index contributed by atoms with van der Waals surface area (Å²) >= 11 is 0. The highest BCUT2D eigenvalue weighted by atomic mass is 16.2. The molecule has 0 aliphatic carbocycles. The first-order valence-electron chi connectivity index (χ1n) is 17.1. The third kappa shape index (κ3) is 7.03. The molecule has 3 fully saturated rings. The average Bonchev–Trinajstić information content (AvgIpc) is 3.35. The second-order valence-electron chi connectivity index (χ2n) is 12.9. The molecule has 4 heterocycles. The SMILES string of the molecule is CCCCCCNNC(=O)c1ccc(N2CCN(C3CCN(c4cccc5c4C(=O)N(C4CCC(=O)NC4=O)C5=O)CC3)CC2)cc1. The maximum Gasteiger partial charge on any atom is 0.265 e. The minimum Gasteiger partial charge on any atom is -0.371 e. The summed E-state index contributed by atoms with van der Waals surface area (Å²) in [5.74, 6) is -2.04. The number of hydrogen-bond acceptors (Lipinski definition) is 9. The maximum absolute atomic E-state index is 13.6. The predicted molar refractivity (Wildman–Crippen MR) is 178 cm³/mol. The highest BCUT2D eigenvalue weighted by Crippen LogP contribution is 2.36. The zero-order valence-corrected chi connectivity index (χ0v) is 27.1. The van der Waals surface area contributed by atoms with Crippen molar-refractivity contribution < 1.29 is 24.0 Å². The molecule has 6 rings (SSSR count). The van der Waals surface area contributed by atoms with Crippen molar-refractivity contribution in [3.05, 3.63) is 59.2 Å². The molecular formula is C35H45N7O5. The van der Waals surface area contributed by atoms with E-state index < -0.39 is 23.8 Å². The summed E-state index contributed by atoms with van der Waals surface area (Å²) in [4.78, 5) is 71.6. The first-order valence-corrected chi connectivity index (χ1v) is 17.1. The van der Waals surface area contributed by atoms with Crippen LogP contribution in [-0.2, 0) is 9.59 Å². The number of benzene rings is 2. The minimum absolute atomic E-state index is 0.0979. The second kappa shape index (κ2) is 14.6. The molecule has 4 aliphatic heterocycles. The van der Waals surface area contributed by atoms with Gasteiger partial charge in [0.05, 0.1) is 16.8 Å². The zero-order valence-electron chi connectivity index (χ0n) is 27.1. The van der Waals surface area contributed by atoms with Crippen molar-refractivity contribution in [2.45, 2.75) is 70.4 Å². The summed E-state index contributed by atoms with van der Waals surface area (Å²) in [6, 6.07) is 12.6. The number of nitrogens with one attached hydrogen (secondary N) is 3. The van der Waals surface area contributed by atoms with Crippen LogP contribution in [0.1, 0.15) is 89.4 Å². The molecule has 0 bridgehead atoms. The van der Waals surface area contributed by atoms with E-state index in [1.165, 1.54) is 12.8 Å². The lowest BCUT2D eigenvalue weighted by Gasteiger charge is -2.44. The van der Waals surface area contributed by atoms with Crippen molar-refractivity contribution in [2.24, 2.45) is 0 Å². The van der Waals surface area contributed by atoms with Crippen LogP contribution in [0.5, 0.6) is 0 Å². The quantitative estimate of drug-likeness (QED) is 0.192. The van der Waals surface area contributed by atoms with Gasteiger partial charge in [-0.1, -0.05) is 32.3 Å². The topological polar surface area (TPSA) is 134 Å². The number of imide groups is 2. The van der Waals surface area contributed by atoms with Gasteiger partial charge in [0, 0.05) is 69.5 Å². The van der Waals surface area contributed by atoms with Gasteiger partial charge in [0.25, 0.3) is 17.7 Å². The first-order chi connectivity index (χ1) is 22.9. The van der Waals surface area contributed by atoms with Gasteiger partial charge in [0.2, 0.25) is 11.8 Å². The maximum atomic E-state index is 13.6. The van der Waals surface area contributed by atoms with E-state index in [1.54, 1.807) is 12.1 Å². The Labute approximate surface area is 275 Å². The number of hydrogen-bond donors (Lipinski definition) is 3. The van der Waals surface area contributed by atoms with Crippen LogP contribution >= 0.6 is 0 Å². The molecule has 0 spiro atoms. The molecule has 3 saturated heterocycles. The summed E-state index contributed by atoms with van der Waals surface area (Å²) < 4.78 is 0. The number of hydrazine groups is 1. The van der Waals surface area contributed by atoms with E-state index in [0.717, 1.165) is 87.8 Å². The van der Waals surface area contributed by atoms with Gasteiger partial charge in [0.1, 0.15) is 6.04 Å². The Morgan fingerprint density at radius 1 is 0.830 bits per heavy atom. The number of piperidine rings is 2. The average molecular weight is 644 g/mol. The lowest BCUT2D eigenvalue weighted by Crippen LogP contribution is -2.54. The van der Waals surface area contributed by atoms with Crippen LogP contribution in [-0.4, -0.2) is 97.2 Å². The Hall–Kier alpha value is -4.29. The van der Waals surface area contributed by atoms with E-state index in [-0.39, 0.29) is 24.7 Å². The van der Waals surface area contributed by atoms with Gasteiger partial charge >= 0.3 is 0 Å². The molecule has 3 N–H and O–H groups in total. The van der Waals surface area contributed by atoms with Crippen molar-refractivity contribution in [3.63, 3.8) is 0 Å². The molecule has 2 aromatic rings. The van der Waals surface area contributed by atoms with Crippen molar-refractivity contribution in [2.75, 3.05) is 55.6 Å². The van der Waals surface area contributed by atoms with E-state index in [1.807, 2.05) is 30.3 Å². The molecule has 250 valence electrons. The summed E-state index contributed by atoms with van der Waals surface area (Å²) in [5.41, 5.74) is 8.99. The van der Waals surface area contributed by atoms with Crippen LogP contribution in [0, 0.1) is 0 Å². The predicted octanol–water partition coefficient (Wildman–Crippen LogP) is 2.69. The highest BCUT2D eigenvalue weighted by Gasteiger charge is 2.46. The molecule has 4 aliphatic rings. The highest BCUT2D eigenvalue weighted by molar-refractivity contribution is 6.25. The third-order valence-corrected chi connectivity index (χ3v) is 9.93. The molecule has 0 aromatic heterocycles. The van der Waals surface area contributed by atoms with E-state index in [4.69, 9.17) is 0 Å². The van der Waals surface area contributed by atoms with Crippen molar-refractivity contribution in [1.29, 1.82) is 0 Å². The minimum atomic E-state index is -0.970. The number of anilines is 2. The van der Waals surface area contributed by atoms with Crippen LogP contribution < -0.4 is 26.0 Å². The first kappa shape index (κ1) is 32.6. The summed E-state index contributed by atoms with van der Waals surface area (Å²) in [6.07, 6.45) is 6.74. The number of piperazine rings is 1. The van der Waals surface area contributed by atoms with Gasteiger partial charge in [-0.15, -0.1) is 0 Å². The Morgan fingerprint density at radius 2 is 1.57 bits per heavy atom. The molecule has 47 heavy (non-hydrogen) atoms. The fraction of sp³-hybridized carbons (Fsp3) is 0.514. The molecule has 1 unspecified atom stereocenters. The van der Waals surface area contributed by atoms with Crippen molar-refractivity contribution >= 4 is 40.9 Å². The van der Waals surface area contributed by atoms with Crippen LogP contribution in [0.4, 0.5) is 11.4 Å². The fourth-order valence-electron chi connectivity index (χ4n) is 7.26. The number of fused-ring (bicyclic) bond motifs is 1. The lowest BCUT2D eigenvalue weighted by molar-refractivity contribution is -0.136. The Kier molecular flexibility index (Phi) is 10.2. The number of unbranched alkanes of at least 4 members (excludes halogenated alkanes) is 3. The second-order valence-corrected chi connectivity index (χ2v) is 12.9. The molecule has 5 amide bonds. The summed E-state index contributed by atoms with van der Waals surface area (Å²) in [5, 5.41) is 2.26. The molecule has 1 atom stereocenters. The lowest BCUT2D eigenvalue weighted by atomic mass is 9.99. The van der Waals surface area contributed by atoms with E-state index in [0.29, 0.717) is 22.7 Å².